The van der Waals surface area contributed by atoms with Gasteiger partial charge in [-0.05, 0) is 41.8 Å². The van der Waals surface area contributed by atoms with Crippen LogP contribution in [0.4, 0.5) is 17.5 Å². The maximum atomic E-state index is 11.2. The first-order valence-electron chi connectivity index (χ1n) is 9.65. The quantitative estimate of drug-likeness (QED) is 0.421. The molecule has 0 saturated carbocycles. The number of benzene rings is 2. The van der Waals surface area contributed by atoms with Gasteiger partial charge < -0.3 is 19.8 Å². The molecular formula is C23H22N4O3. The molecule has 152 valence electrons. The minimum atomic E-state index is -0.192. The Morgan fingerprint density at radius 3 is 2.70 bits per heavy atom. The summed E-state index contributed by atoms with van der Waals surface area (Å²) < 4.78 is 11.7. The third-order valence-corrected chi connectivity index (χ3v) is 4.43. The number of rotatable bonds is 6. The number of pyridine rings is 1. The molecule has 2 N–H and O–H groups in total. The van der Waals surface area contributed by atoms with Gasteiger partial charge in [0.2, 0.25) is 5.91 Å². The topological polar surface area (TPSA) is 89.3 Å². The number of anilines is 3. The molecule has 2 aromatic carbocycles. The zero-order valence-electron chi connectivity index (χ0n) is 17.0. The van der Waals surface area contributed by atoms with Crippen LogP contribution < -0.4 is 15.4 Å². The van der Waals surface area contributed by atoms with Gasteiger partial charge in [-0.3, -0.25) is 4.79 Å². The van der Waals surface area contributed by atoms with Crippen LogP contribution in [0.3, 0.4) is 0 Å². The van der Waals surface area contributed by atoms with E-state index < -0.39 is 0 Å². The molecule has 0 unspecified atom stereocenters. The lowest BCUT2D eigenvalue weighted by Gasteiger charge is -2.07. The first-order chi connectivity index (χ1) is 14.5. The van der Waals surface area contributed by atoms with Gasteiger partial charge >= 0.3 is 0 Å². The maximum absolute atomic E-state index is 11.2. The predicted molar refractivity (Wildman–Crippen MR) is 116 cm³/mol. The molecule has 30 heavy (non-hydrogen) atoms. The third kappa shape index (κ3) is 4.57. The molecule has 0 atom stereocenters. The maximum Gasteiger partial charge on any atom is 0.300 e. The fourth-order valence-electron chi connectivity index (χ4n) is 2.98. The molecule has 2 heterocycles. The molecule has 4 rings (SSSR count). The van der Waals surface area contributed by atoms with Gasteiger partial charge in [0.05, 0.1) is 0 Å². The summed E-state index contributed by atoms with van der Waals surface area (Å²) in [4.78, 5) is 19.8. The molecular weight excluding hydrogens is 380 g/mol. The number of hydrogen-bond acceptors (Lipinski definition) is 6. The van der Waals surface area contributed by atoms with Gasteiger partial charge in [-0.1, -0.05) is 26.0 Å². The second-order valence-corrected chi connectivity index (χ2v) is 7.21. The molecule has 0 aliphatic carbocycles. The van der Waals surface area contributed by atoms with Crippen LogP contribution in [0, 0.1) is 0 Å². The van der Waals surface area contributed by atoms with E-state index in [4.69, 9.17) is 9.15 Å². The first kappa shape index (κ1) is 19.4. The number of aromatic nitrogens is 2. The summed E-state index contributed by atoms with van der Waals surface area (Å²) in [7, 11) is 0. The van der Waals surface area contributed by atoms with E-state index in [1.807, 2.05) is 18.2 Å². The minimum Gasteiger partial charge on any atom is -0.457 e. The average molecular weight is 402 g/mol. The number of hydrogen-bond donors (Lipinski definition) is 2. The highest BCUT2D eigenvalue weighted by molar-refractivity contribution is 5.87. The summed E-state index contributed by atoms with van der Waals surface area (Å²) >= 11 is 0. The lowest BCUT2D eigenvalue weighted by Crippen LogP contribution is -2.07. The van der Waals surface area contributed by atoms with Crippen LogP contribution in [0.25, 0.3) is 11.1 Å². The number of ether oxygens (including phenoxy) is 1. The normalized spacial score (nSPS) is 10.9. The lowest BCUT2D eigenvalue weighted by molar-refractivity contribution is -0.114. The minimum absolute atomic E-state index is 0.192. The molecule has 7 nitrogen and oxygen atoms in total. The summed E-state index contributed by atoms with van der Waals surface area (Å²) in [6, 6.07) is 17.4. The fourth-order valence-corrected chi connectivity index (χ4v) is 2.98. The first-order valence-corrected chi connectivity index (χ1v) is 9.65. The van der Waals surface area contributed by atoms with Crippen LogP contribution in [0.15, 0.2) is 65.2 Å². The van der Waals surface area contributed by atoms with E-state index in [1.54, 1.807) is 30.5 Å². The number of carbonyl (C=O) groups excluding carboxylic acids is 1. The summed E-state index contributed by atoms with van der Waals surface area (Å²) in [5.74, 6) is 1.83. The predicted octanol–water partition coefficient (Wildman–Crippen LogP) is 5.84. The van der Waals surface area contributed by atoms with E-state index in [-0.39, 0.29) is 5.91 Å². The van der Waals surface area contributed by atoms with Crippen LogP contribution in [-0.2, 0) is 4.79 Å². The molecule has 0 bridgehead atoms. The van der Waals surface area contributed by atoms with Crippen LogP contribution in [0.2, 0.25) is 0 Å². The van der Waals surface area contributed by atoms with Crippen LogP contribution >= 0.6 is 0 Å². The van der Waals surface area contributed by atoms with Crippen molar-refractivity contribution in [1.29, 1.82) is 0 Å². The Morgan fingerprint density at radius 1 is 1.07 bits per heavy atom. The van der Waals surface area contributed by atoms with Gasteiger partial charge in [-0.25, -0.2) is 4.98 Å². The van der Waals surface area contributed by atoms with E-state index in [2.05, 4.69) is 46.6 Å². The van der Waals surface area contributed by atoms with Crippen molar-refractivity contribution >= 4 is 34.5 Å². The fraction of sp³-hybridized carbons (Fsp3) is 0.174. The molecule has 0 aliphatic heterocycles. The van der Waals surface area contributed by atoms with Crippen molar-refractivity contribution in [2.24, 2.45) is 0 Å². The van der Waals surface area contributed by atoms with E-state index in [1.165, 1.54) is 12.5 Å². The van der Waals surface area contributed by atoms with Crippen molar-refractivity contribution in [2.75, 3.05) is 10.6 Å². The molecule has 0 radical (unpaired) electrons. The van der Waals surface area contributed by atoms with Gasteiger partial charge in [0.1, 0.15) is 22.8 Å². The van der Waals surface area contributed by atoms with Crippen LogP contribution in [0.5, 0.6) is 11.5 Å². The summed E-state index contributed by atoms with van der Waals surface area (Å²) in [6.07, 6.45) is 1.57. The Balaban J connectivity index is 1.53. The van der Waals surface area contributed by atoms with Crippen molar-refractivity contribution in [3.63, 3.8) is 0 Å². The zero-order valence-corrected chi connectivity index (χ0v) is 17.0. The zero-order chi connectivity index (χ0) is 21.1. The van der Waals surface area contributed by atoms with E-state index in [0.29, 0.717) is 40.3 Å². The highest BCUT2D eigenvalue weighted by Gasteiger charge is 2.09. The van der Waals surface area contributed by atoms with Gasteiger partial charge in [-0.15, -0.1) is 0 Å². The van der Waals surface area contributed by atoms with Gasteiger partial charge in [0.15, 0.2) is 5.58 Å². The van der Waals surface area contributed by atoms with Gasteiger partial charge in [0, 0.05) is 30.9 Å². The third-order valence-electron chi connectivity index (χ3n) is 4.43. The number of nitrogens with one attached hydrogen (secondary N) is 2. The molecule has 0 aliphatic rings. The van der Waals surface area contributed by atoms with Crippen molar-refractivity contribution in [3.05, 3.63) is 66.4 Å². The molecule has 2 aromatic heterocycles. The highest BCUT2D eigenvalue weighted by Crippen LogP contribution is 2.29. The van der Waals surface area contributed by atoms with E-state index in [9.17, 15) is 4.79 Å². The number of fused-ring (bicyclic) bond motifs is 1. The van der Waals surface area contributed by atoms with E-state index in [0.717, 1.165) is 5.69 Å². The van der Waals surface area contributed by atoms with Crippen molar-refractivity contribution in [2.45, 2.75) is 26.7 Å². The standard InChI is InChI=1S/C23H22N4O3/c1-14(2)16-5-4-6-17(11-16)26-23-27-20-12-18(7-8-21(20)30-23)29-19-9-10-24-22(13-19)25-15(3)28/h4-14H,1-3H3,(H,26,27)(H,24,25,28). The second-order valence-electron chi connectivity index (χ2n) is 7.21. The highest BCUT2D eigenvalue weighted by atomic mass is 16.5. The van der Waals surface area contributed by atoms with Crippen molar-refractivity contribution in [1.82, 2.24) is 9.97 Å². The Bertz CT molecular complexity index is 1200. The van der Waals surface area contributed by atoms with Crippen molar-refractivity contribution in [3.8, 4) is 11.5 Å². The van der Waals surface area contributed by atoms with Crippen LogP contribution in [0.1, 0.15) is 32.3 Å². The lowest BCUT2D eigenvalue weighted by atomic mass is 10.0. The molecule has 0 fully saturated rings. The Hall–Kier alpha value is -3.87. The molecule has 0 spiro atoms. The summed E-state index contributed by atoms with van der Waals surface area (Å²) in [5.41, 5.74) is 3.49. The largest absolute Gasteiger partial charge is 0.457 e. The molecule has 0 saturated heterocycles. The molecule has 7 heteroatoms. The Kier molecular flexibility index (Phi) is 5.34. The second kappa shape index (κ2) is 8.24. The number of nitrogens with zero attached hydrogens (tertiary/aromatic N) is 2. The van der Waals surface area contributed by atoms with Gasteiger partial charge in [-0.2, -0.15) is 4.98 Å². The number of amides is 1. The Labute approximate surface area is 174 Å². The smallest absolute Gasteiger partial charge is 0.300 e. The summed E-state index contributed by atoms with van der Waals surface area (Å²) in [5, 5.41) is 5.85. The SMILES string of the molecule is CC(=O)Nc1cc(Oc2ccc3oc(Nc4cccc(C(C)C)c4)nc3c2)ccn1. The van der Waals surface area contributed by atoms with Crippen LogP contribution in [-0.4, -0.2) is 15.9 Å². The molecule has 4 aromatic rings. The number of carbonyl (C=O) groups is 1. The Morgan fingerprint density at radius 2 is 1.90 bits per heavy atom. The average Bonchev–Trinajstić information content (AvgIpc) is 3.09. The monoisotopic (exact) mass is 402 g/mol. The number of oxazole rings is 1. The van der Waals surface area contributed by atoms with Gasteiger partial charge in [0.25, 0.3) is 6.01 Å². The summed E-state index contributed by atoms with van der Waals surface area (Å²) in [6.45, 7) is 5.74. The van der Waals surface area contributed by atoms with Crippen molar-refractivity contribution < 1.29 is 13.9 Å². The molecule has 1 amide bonds. The van der Waals surface area contributed by atoms with E-state index >= 15 is 0 Å².